The summed E-state index contributed by atoms with van der Waals surface area (Å²) >= 11 is 0. The summed E-state index contributed by atoms with van der Waals surface area (Å²) < 4.78 is 0. The summed E-state index contributed by atoms with van der Waals surface area (Å²) in [6.07, 6.45) is 0.590. The van der Waals surface area contributed by atoms with Gasteiger partial charge < -0.3 is 4.79 Å². The van der Waals surface area contributed by atoms with Gasteiger partial charge in [-0.15, -0.1) is 0 Å². The molecule has 0 aromatic heterocycles. The summed E-state index contributed by atoms with van der Waals surface area (Å²) in [4.78, 5) is 21.3. The lowest BCUT2D eigenvalue weighted by Crippen LogP contribution is -2.36. The van der Waals surface area contributed by atoms with Crippen LogP contribution < -0.4 is 5.43 Å². The smallest absolute Gasteiger partial charge is 0.234 e. The molecular formula is C7H14N2O2. The summed E-state index contributed by atoms with van der Waals surface area (Å²) in [5.74, 6) is -0.0795. The van der Waals surface area contributed by atoms with Gasteiger partial charge in [0, 0.05) is 26.9 Å². The molecule has 0 aromatic rings. The van der Waals surface area contributed by atoms with Crippen LogP contribution in [0.3, 0.4) is 0 Å². The van der Waals surface area contributed by atoms with E-state index in [1.54, 1.807) is 19.1 Å². The Morgan fingerprint density at radius 1 is 1.27 bits per heavy atom. The Hall–Kier alpha value is -0.900. The predicted octanol–water partition coefficient (Wildman–Crippen LogP) is -0.0516. The molecule has 0 fully saturated rings. The summed E-state index contributed by atoms with van der Waals surface area (Å²) in [7, 11) is 3.46. The van der Waals surface area contributed by atoms with Crippen molar-refractivity contribution in [3.8, 4) is 0 Å². The Bertz CT molecular complexity index is 155. The maximum Gasteiger partial charge on any atom is 0.234 e. The molecule has 0 unspecified atom stereocenters. The van der Waals surface area contributed by atoms with Crippen molar-refractivity contribution in [2.75, 3.05) is 14.1 Å². The van der Waals surface area contributed by atoms with Gasteiger partial charge >= 0.3 is 0 Å². The van der Waals surface area contributed by atoms with Gasteiger partial charge in [-0.1, -0.05) is 0 Å². The highest BCUT2D eigenvalue weighted by Gasteiger charge is 2.02. The second-order valence-electron chi connectivity index (χ2n) is 2.63. The van der Waals surface area contributed by atoms with Crippen LogP contribution in [0.1, 0.15) is 19.8 Å². The number of hydrazine groups is 1. The lowest BCUT2D eigenvalue weighted by Gasteiger charge is -2.10. The molecule has 0 saturated carbocycles. The average molecular weight is 158 g/mol. The first-order valence-corrected chi connectivity index (χ1v) is 3.48. The lowest BCUT2D eigenvalue weighted by molar-refractivity contribution is -0.127. The third-order valence-electron chi connectivity index (χ3n) is 1.05. The van der Waals surface area contributed by atoms with Crippen LogP contribution in [0.4, 0.5) is 0 Å². The second-order valence-corrected chi connectivity index (χ2v) is 2.63. The molecule has 0 atom stereocenters. The van der Waals surface area contributed by atoms with E-state index in [2.05, 4.69) is 5.43 Å². The molecule has 4 heteroatoms. The minimum atomic E-state index is -0.120. The molecule has 11 heavy (non-hydrogen) atoms. The Labute approximate surface area is 66.5 Å². The van der Waals surface area contributed by atoms with Gasteiger partial charge in [0.1, 0.15) is 5.78 Å². The Balaban J connectivity index is 3.45. The Kier molecular flexibility index (Phi) is 4.45. The number of hydrogen-bond donors (Lipinski definition) is 1. The van der Waals surface area contributed by atoms with Crippen molar-refractivity contribution in [3.05, 3.63) is 0 Å². The van der Waals surface area contributed by atoms with E-state index in [-0.39, 0.29) is 18.1 Å². The Morgan fingerprint density at radius 3 is 2.18 bits per heavy atom. The fourth-order valence-electron chi connectivity index (χ4n) is 0.595. The standard InChI is InChI=1S/C7H14N2O2/c1-6(10)4-5-7(11)8-9(2)3/h4-5H2,1-3H3,(H,8,11). The van der Waals surface area contributed by atoms with Crippen molar-refractivity contribution in [2.24, 2.45) is 0 Å². The molecule has 0 heterocycles. The molecule has 0 aliphatic heterocycles. The van der Waals surface area contributed by atoms with Crippen molar-refractivity contribution in [1.82, 2.24) is 10.4 Å². The van der Waals surface area contributed by atoms with Gasteiger partial charge in [0.05, 0.1) is 0 Å². The number of amides is 1. The number of rotatable bonds is 4. The Morgan fingerprint density at radius 2 is 1.82 bits per heavy atom. The van der Waals surface area contributed by atoms with Gasteiger partial charge in [-0.2, -0.15) is 0 Å². The fraction of sp³-hybridized carbons (Fsp3) is 0.714. The van der Waals surface area contributed by atoms with E-state index < -0.39 is 0 Å². The molecule has 4 nitrogen and oxygen atoms in total. The van der Waals surface area contributed by atoms with Gasteiger partial charge in [-0.25, -0.2) is 5.01 Å². The van der Waals surface area contributed by atoms with E-state index in [0.29, 0.717) is 6.42 Å². The van der Waals surface area contributed by atoms with Gasteiger partial charge in [0.25, 0.3) is 0 Å². The van der Waals surface area contributed by atoms with Crippen molar-refractivity contribution in [3.63, 3.8) is 0 Å². The number of Topliss-reactive ketones (excluding diaryl/α,β-unsaturated/α-hetero) is 1. The van der Waals surface area contributed by atoms with Crippen LogP contribution in [-0.4, -0.2) is 30.8 Å². The van der Waals surface area contributed by atoms with Crippen LogP contribution in [0.15, 0.2) is 0 Å². The highest BCUT2D eigenvalue weighted by atomic mass is 16.2. The molecule has 0 rings (SSSR count). The normalized spacial score (nSPS) is 9.82. The third-order valence-corrected chi connectivity index (χ3v) is 1.05. The summed E-state index contributed by atoms with van der Waals surface area (Å²) in [5.41, 5.74) is 2.54. The molecule has 0 aromatic carbocycles. The van der Waals surface area contributed by atoms with Crippen LogP contribution >= 0.6 is 0 Å². The minimum absolute atomic E-state index is 0.0407. The SMILES string of the molecule is CC(=O)CCC(=O)NN(C)C. The van der Waals surface area contributed by atoms with Gasteiger partial charge in [-0.05, 0) is 6.92 Å². The third kappa shape index (κ3) is 6.99. The van der Waals surface area contributed by atoms with E-state index in [4.69, 9.17) is 0 Å². The first-order valence-electron chi connectivity index (χ1n) is 3.48. The van der Waals surface area contributed by atoms with E-state index >= 15 is 0 Å². The minimum Gasteiger partial charge on any atom is -0.300 e. The molecule has 0 radical (unpaired) electrons. The average Bonchev–Trinajstić information content (AvgIpc) is 1.82. The number of ketones is 1. The monoisotopic (exact) mass is 158 g/mol. The molecule has 0 spiro atoms. The number of carbonyl (C=O) groups is 2. The van der Waals surface area contributed by atoms with Crippen LogP contribution in [0, 0.1) is 0 Å². The van der Waals surface area contributed by atoms with Crippen molar-refractivity contribution in [1.29, 1.82) is 0 Å². The molecule has 0 bridgehead atoms. The van der Waals surface area contributed by atoms with Gasteiger partial charge in [-0.3, -0.25) is 10.2 Å². The maximum atomic E-state index is 10.9. The largest absolute Gasteiger partial charge is 0.300 e. The van der Waals surface area contributed by atoms with Crippen LogP contribution in [-0.2, 0) is 9.59 Å². The molecule has 1 N–H and O–H groups in total. The van der Waals surface area contributed by atoms with Crippen LogP contribution in [0.5, 0.6) is 0 Å². The highest BCUT2D eigenvalue weighted by molar-refractivity contribution is 5.83. The summed E-state index contributed by atoms with van der Waals surface area (Å²) in [6.45, 7) is 1.48. The van der Waals surface area contributed by atoms with Gasteiger partial charge in [0.15, 0.2) is 0 Å². The molecule has 0 aliphatic rings. The number of carbonyl (C=O) groups excluding carboxylic acids is 2. The van der Waals surface area contributed by atoms with Crippen molar-refractivity contribution < 1.29 is 9.59 Å². The fourth-order valence-corrected chi connectivity index (χ4v) is 0.595. The molecule has 0 saturated heterocycles. The number of nitrogens with zero attached hydrogens (tertiary/aromatic N) is 1. The topological polar surface area (TPSA) is 49.4 Å². The zero-order valence-electron chi connectivity index (χ0n) is 7.18. The van der Waals surface area contributed by atoms with Crippen LogP contribution in [0.2, 0.25) is 0 Å². The number of nitrogens with one attached hydrogen (secondary N) is 1. The summed E-state index contributed by atoms with van der Waals surface area (Å²) in [5, 5.41) is 1.56. The molecule has 64 valence electrons. The summed E-state index contributed by atoms with van der Waals surface area (Å²) in [6, 6.07) is 0. The van der Waals surface area contributed by atoms with Crippen LogP contribution in [0.25, 0.3) is 0 Å². The lowest BCUT2D eigenvalue weighted by atomic mass is 10.2. The van der Waals surface area contributed by atoms with E-state index in [9.17, 15) is 9.59 Å². The quantitative estimate of drug-likeness (QED) is 0.583. The van der Waals surface area contributed by atoms with E-state index in [1.807, 2.05) is 0 Å². The second kappa shape index (κ2) is 4.85. The van der Waals surface area contributed by atoms with E-state index in [0.717, 1.165) is 0 Å². The highest BCUT2D eigenvalue weighted by Crippen LogP contribution is 1.89. The first kappa shape index (κ1) is 10.1. The van der Waals surface area contributed by atoms with Gasteiger partial charge in [0.2, 0.25) is 5.91 Å². The van der Waals surface area contributed by atoms with Crippen molar-refractivity contribution in [2.45, 2.75) is 19.8 Å². The molecular weight excluding hydrogens is 144 g/mol. The van der Waals surface area contributed by atoms with Crippen molar-refractivity contribution >= 4 is 11.7 Å². The first-order chi connectivity index (χ1) is 5.02. The maximum absolute atomic E-state index is 10.9. The number of hydrogen-bond acceptors (Lipinski definition) is 3. The zero-order chi connectivity index (χ0) is 8.85. The van der Waals surface area contributed by atoms with E-state index in [1.165, 1.54) is 6.92 Å². The molecule has 1 amide bonds. The zero-order valence-corrected chi connectivity index (χ0v) is 7.18. The predicted molar refractivity (Wildman–Crippen MR) is 41.7 cm³/mol. The molecule has 0 aliphatic carbocycles.